The Morgan fingerprint density at radius 1 is 1.70 bits per heavy atom. The van der Waals surface area contributed by atoms with Crippen LogP contribution in [0.3, 0.4) is 0 Å². The first-order chi connectivity index (χ1) is 4.66. The van der Waals surface area contributed by atoms with Gasteiger partial charge in [-0.3, -0.25) is 5.84 Å². The molecule has 0 unspecified atom stereocenters. The lowest BCUT2D eigenvalue weighted by Gasteiger charge is -1.94. The van der Waals surface area contributed by atoms with E-state index in [0.717, 1.165) is 16.2 Å². The van der Waals surface area contributed by atoms with Crippen molar-refractivity contribution in [3.05, 3.63) is 15.0 Å². The van der Waals surface area contributed by atoms with Gasteiger partial charge in [0.2, 0.25) is 5.13 Å². The molecule has 1 heterocycles. The molecule has 0 atom stereocenters. The lowest BCUT2D eigenvalue weighted by Crippen LogP contribution is -2.07. The summed E-state index contributed by atoms with van der Waals surface area (Å²) in [5, 5.41) is -0.00463. The van der Waals surface area contributed by atoms with E-state index >= 15 is 0 Å². The van der Waals surface area contributed by atoms with Crippen LogP contribution in [-0.2, 0) is 0 Å². The Morgan fingerprint density at radius 2 is 2.30 bits per heavy atom. The van der Waals surface area contributed by atoms with Crippen LogP contribution in [0.4, 0.5) is 10.1 Å². The van der Waals surface area contributed by atoms with Crippen LogP contribution < -0.4 is 11.3 Å². The summed E-state index contributed by atoms with van der Waals surface area (Å²) >= 11 is 6.62. The Labute approximate surface area is 66.8 Å². The fraction of sp³-hybridized carbons (Fsp3) is 0.200. The van der Waals surface area contributed by atoms with Gasteiger partial charge in [0, 0.05) is 4.88 Å². The van der Waals surface area contributed by atoms with E-state index in [1.54, 1.807) is 6.92 Å². The van der Waals surface area contributed by atoms with Gasteiger partial charge < -0.3 is 5.43 Å². The van der Waals surface area contributed by atoms with E-state index in [2.05, 4.69) is 5.43 Å². The van der Waals surface area contributed by atoms with Crippen molar-refractivity contribution in [3.63, 3.8) is 0 Å². The molecule has 2 nitrogen and oxygen atoms in total. The summed E-state index contributed by atoms with van der Waals surface area (Å²) in [6.07, 6.45) is 0. The summed E-state index contributed by atoms with van der Waals surface area (Å²) in [6.45, 7) is 1.73. The Bertz CT molecular complexity index is 248. The predicted molar refractivity (Wildman–Crippen MR) is 41.8 cm³/mol. The van der Waals surface area contributed by atoms with E-state index in [1.807, 2.05) is 0 Å². The summed E-state index contributed by atoms with van der Waals surface area (Å²) in [4.78, 5) is 0.729. The molecule has 1 aromatic heterocycles. The summed E-state index contributed by atoms with van der Waals surface area (Å²) in [7, 11) is 0. The molecule has 1 rings (SSSR count). The zero-order chi connectivity index (χ0) is 7.72. The van der Waals surface area contributed by atoms with Gasteiger partial charge in [-0.1, -0.05) is 11.6 Å². The normalized spacial score (nSPS) is 10.0. The van der Waals surface area contributed by atoms with E-state index in [0.29, 0.717) is 5.02 Å². The molecule has 0 aliphatic rings. The molecule has 0 aliphatic heterocycles. The molecule has 5 heteroatoms. The van der Waals surface area contributed by atoms with Crippen molar-refractivity contribution in [2.45, 2.75) is 6.92 Å². The lowest BCUT2D eigenvalue weighted by molar-refractivity contribution is 0.660. The second-order valence-corrected chi connectivity index (χ2v) is 3.32. The largest absolute Gasteiger partial charge is 0.320 e. The first-order valence-corrected chi connectivity index (χ1v) is 3.77. The maximum absolute atomic E-state index is 12.7. The third-order valence-electron chi connectivity index (χ3n) is 1.11. The van der Waals surface area contributed by atoms with Gasteiger partial charge in [-0.15, -0.1) is 11.3 Å². The molecular weight excluding hydrogens is 175 g/mol. The molecule has 0 amide bonds. The van der Waals surface area contributed by atoms with E-state index in [9.17, 15) is 4.39 Å². The number of rotatable bonds is 1. The molecule has 0 spiro atoms. The van der Waals surface area contributed by atoms with Gasteiger partial charge in [-0.2, -0.15) is 4.39 Å². The second kappa shape index (κ2) is 2.74. The third-order valence-corrected chi connectivity index (χ3v) is 2.59. The van der Waals surface area contributed by atoms with Crippen LogP contribution in [0, 0.1) is 12.1 Å². The van der Waals surface area contributed by atoms with Crippen molar-refractivity contribution < 1.29 is 4.39 Å². The average molecular weight is 181 g/mol. The molecule has 0 fully saturated rings. The van der Waals surface area contributed by atoms with Crippen LogP contribution in [0.1, 0.15) is 4.88 Å². The van der Waals surface area contributed by atoms with Crippen molar-refractivity contribution in [1.82, 2.24) is 0 Å². The number of nitrogens with two attached hydrogens (primary N) is 1. The maximum Gasteiger partial charge on any atom is 0.202 e. The van der Waals surface area contributed by atoms with Gasteiger partial charge in [0.05, 0.1) is 5.02 Å². The number of anilines is 1. The van der Waals surface area contributed by atoms with Crippen molar-refractivity contribution in [2.24, 2.45) is 5.84 Å². The van der Waals surface area contributed by atoms with Crippen LogP contribution in [0.2, 0.25) is 5.02 Å². The van der Waals surface area contributed by atoms with Crippen LogP contribution in [0.25, 0.3) is 0 Å². The molecule has 10 heavy (non-hydrogen) atoms. The highest BCUT2D eigenvalue weighted by Gasteiger charge is 2.11. The minimum Gasteiger partial charge on any atom is -0.320 e. The minimum absolute atomic E-state index is 0.184. The highest BCUT2D eigenvalue weighted by Crippen LogP contribution is 2.34. The summed E-state index contributed by atoms with van der Waals surface area (Å²) in [5.41, 5.74) is 2.37. The highest BCUT2D eigenvalue weighted by atomic mass is 35.5. The number of thiophene rings is 1. The zero-order valence-corrected chi connectivity index (χ0v) is 6.81. The smallest absolute Gasteiger partial charge is 0.202 e. The standard InChI is InChI=1S/C5H6ClFN2S/c1-2-3(6)4(9-8)5(7)10-2/h9H,8H2,1H3. The maximum atomic E-state index is 12.7. The van der Waals surface area contributed by atoms with E-state index < -0.39 is 0 Å². The minimum atomic E-state index is -0.370. The quantitative estimate of drug-likeness (QED) is 0.513. The summed E-state index contributed by atoms with van der Waals surface area (Å²) in [6, 6.07) is 0. The van der Waals surface area contributed by atoms with Crippen LogP contribution in [-0.4, -0.2) is 0 Å². The van der Waals surface area contributed by atoms with Crippen LogP contribution in [0.15, 0.2) is 0 Å². The monoisotopic (exact) mass is 180 g/mol. The Hall–Kier alpha value is -0.320. The van der Waals surface area contributed by atoms with Gasteiger partial charge in [0.25, 0.3) is 0 Å². The third kappa shape index (κ3) is 1.10. The Kier molecular flexibility index (Phi) is 2.13. The molecular formula is C5H6ClFN2S. The SMILES string of the molecule is Cc1sc(F)c(NN)c1Cl. The first kappa shape index (κ1) is 7.78. The van der Waals surface area contributed by atoms with Gasteiger partial charge >= 0.3 is 0 Å². The zero-order valence-electron chi connectivity index (χ0n) is 5.24. The summed E-state index contributed by atoms with van der Waals surface area (Å²) < 4.78 is 12.7. The summed E-state index contributed by atoms with van der Waals surface area (Å²) in [5.74, 6) is 5.00. The molecule has 1 aromatic rings. The second-order valence-electron chi connectivity index (χ2n) is 1.77. The van der Waals surface area contributed by atoms with Crippen LogP contribution in [0.5, 0.6) is 0 Å². The van der Waals surface area contributed by atoms with Crippen LogP contribution >= 0.6 is 22.9 Å². The fourth-order valence-electron chi connectivity index (χ4n) is 0.613. The van der Waals surface area contributed by atoms with Crippen molar-refractivity contribution >= 4 is 28.6 Å². The fourth-order valence-corrected chi connectivity index (χ4v) is 1.65. The number of aryl methyl sites for hydroxylation is 1. The molecule has 0 aromatic carbocycles. The van der Waals surface area contributed by atoms with Gasteiger partial charge in [0.15, 0.2) is 0 Å². The van der Waals surface area contributed by atoms with E-state index in [-0.39, 0.29) is 10.8 Å². The van der Waals surface area contributed by atoms with Crippen molar-refractivity contribution in [2.75, 3.05) is 5.43 Å². The number of hydrogen-bond acceptors (Lipinski definition) is 3. The van der Waals surface area contributed by atoms with Crippen molar-refractivity contribution in [1.29, 1.82) is 0 Å². The lowest BCUT2D eigenvalue weighted by atomic mass is 10.4. The molecule has 0 bridgehead atoms. The average Bonchev–Trinajstić information content (AvgIpc) is 2.09. The van der Waals surface area contributed by atoms with E-state index in [4.69, 9.17) is 17.4 Å². The number of halogens is 2. The van der Waals surface area contributed by atoms with Gasteiger partial charge in [0.1, 0.15) is 5.69 Å². The van der Waals surface area contributed by atoms with Gasteiger partial charge in [-0.25, -0.2) is 0 Å². The Morgan fingerprint density at radius 3 is 2.50 bits per heavy atom. The molecule has 56 valence electrons. The number of hydrazine groups is 1. The molecule has 0 saturated carbocycles. The number of hydrogen-bond donors (Lipinski definition) is 2. The first-order valence-electron chi connectivity index (χ1n) is 2.57. The Balaban J connectivity index is 3.20. The molecule has 3 N–H and O–H groups in total. The van der Waals surface area contributed by atoms with Crippen molar-refractivity contribution in [3.8, 4) is 0 Å². The van der Waals surface area contributed by atoms with E-state index in [1.165, 1.54) is 0 Å². The number of nitrogen functional groups attached to an aromatic ring is 1. The topological polar surface area (TPSA) is 38.0 Å². The number of nitrogens with one attached hydrogen (secondary N) is 1. The predicted octanol–water partition coefficient (Wildman–Crippen LogP) is 2.13. The molecule has 0 saturated heterocycles. The molecule has 0 radical (unpaired) electrons. The van der Waals surface area contributed by atoms with Gasteiger partial charge in [-0.05, 0) is 6.92 Å². The highest BCUT2D eigenvalue weighted by molar-refractivity contribution is 7.11. The molecule has 0 aliphatic carbocycles.